The van der Waals surface area contributed by atoms with Crippen LogP contribution in [0.15, 0.2) is 18.2 Å². The van der Waals surface area contributed by atoms with Gasteiger partial charge in [0.25, 0.3) is 0 Å². The lowest BCUT2D eigenvalue weighted by molar-refractivity contribution is 0.634. The van der Waals surface area contributed by atoms with Crippen molar-refractivity contribution in [3.63, 3.8) is 0 Å². The molecular formula is C12H18N2. The van der Waals surface area contributed by atoms with E-state index in [1.54, 1.807) is 0 Å². The van der Waals surface area contributed by atoms with Crippen molar-refractivity contribution in [3.8, 4) is 0 Å². The quantitative estimate of drug-likeness (QED) is 0.711. The van der Waals surface area contributed by atoms with Gasteiger partial charge in [0.2, 0.25) is 0 Å². The van der Waals surface area contributed by atoms with E-state index in [1.165, 1.54) is 16.9 Å². The zero-order valence-corrected chi connectivity index (χ0v) is 9.15. The molecule has 0 aromatic heterocycles. The fraction of sp³-hybridized carbons (Fsp3) is 0.500. The molecule has 2 heteroatoms. The molecule has 0 fully saturated rings. The molecule has 0 aliphatic carbocycles. The molecule has 0 unspecified atom stereocenters. The number of rotatable bonds is 1. The summed E-state index contributed by atoms with van der Waals surface area (Å²) < 4.78 is 0. The van der Waals surface area contributed by atoms with E-state index < -0.39 is 0 Å². The normalized spacial score (nSPS) is 14.8. The van der Waals surface area contributed by atoms with Gasteiger partial charge in [0.1, 0.15) is 0 Å². The Balaban J connectivity index is 2.21. The fourth-order valence-electron chi connectivity index (χ4n) is 1.82. The van der Waals surface area contributed by atoms with Gasteiger partial charge in [-0.05, 0) is 51.0 Å². The van der Waals surface area contributed by atoms with Crippen LogP contribution in [0.1, 0.15) is 26.3 Å². The monoisotopic (exact) mass is 190 g/mol. The molecule has 0 saturated carbocycles. The summed E-state index contributed by atoms with van der Waals surface area (Å²) in [5.41, 5.74) is 4.09. The van der Waals surface area contributed by atoms with Gasteiger partial charge in [-0.1, -0.05) is 0 Å². The minimum absolute atomic E-state index is 0.139. The van der Waals surface area contributed by atoms with E-state index in [9.17, 15) is 0 Å². The Morgan fingerprint density at radius 3 is 2.79 bits per heavy atom. The number of hydrogen-bond acceptors (Lipinski definition) is 2. The smallest absolute Gasteiger partial charge is 0.0375 e. The number of nitrogens with one attached hydrogen (secondary N) is 2. The lowest BCUT2D eigenvalue weighted by Crippen LogP contribution is -2.25. The van der Waals surface area contributed by atoms with Crippen LogP contribution >= 0.6 is 0 Å². The van der Waals surface area contributed by atoms with Gasteiger partial charge in [-0.25, -0.2) is 0 Å². The average molecular weight is 190 g/mol. The van der Waals surface area contributed by atoms with Crippen molar-refractivity contribution in [2.45, 2.75) is 32.7 Å². The minimum Gasteiger partial charge on any atom is -0.384 e. The predicted octanol–water partition coefficient (Wildman–Crippen LogP) is 2.87. The highest BCUT2D eigenvalue weighted by Crippen LogP contribution is 2.26. The van der Waals surface area contributed by atoms with Gasteiger partial charge in [-0.15, -0.1) is 0 Å². The summed E-state index contributed by atoms with van der Waals surface area (Å²) in [6, 6.07) is 6.55. The molecule has 76 valence electrons. The molecule has 0 amide bonds. The summed E-state index contributed by atoms with van der Waals surface area (Å²) in [5.74, 6) is 0. The van der Waals surface area contributed by atoms with E-state index in [-0.39, 0.29) is 5.54 Å². The van der Waals surface area contributed by atoms with Gasteiger partial charge >= 0.3 is 0 Å². The second-order valence-electron chi connectivity index (χ2n) is 4.92. The van der Waals surface area contributed by atoms with Crippen LogP contribution in [0.4, 0.5) is 11.4 Å². The summed E-state index contributed by atoms with van der Waals surface area (Å²) in [4.78, 5) is 0. The van der Waals surface area contributed by atoms with Crippen LogP contribution in [-0.2, 0) is 6.42 Å². The number of fused-ring (bicyclic) bond motifs is 1. The van der Waals surface area contributed by atoms with Crippen LogP contribution in [0.25, 0.3) is 0 Å². The van der Waals surface area contributed by atoms with Crippen molar-refractivity contribution in [1.29, 1.82) is 0 Å². The molecular weight excluding hydrogens is 172 g/mol. The molecule has 0 saturated heterocycles. The highest BCUT2D eigenvalue weighted by molar-refractivity contribution is 5.62. The van der Waals surface area contributed by atoms with E-state index in [0.717, 1.165) is 13.0 Å². The third-order valence-electron chi connectivity index (χ3n) is 2.33. The van der Waals surface area contributed by atoms with Crippen LogP contribution in [0.2, 0.25) is 0 Å². The molecule has 0 bridgehead atoms. The molecule has 0 spiro atoms. The Hall–Kier alpha value is -1.18. The first kappa shape index (κ1) is 9.38. The van der Waals surface area contributed by atoms with E-state index in [2.05, 4.69) is 49.6 Å². The van der Waals surface area contributed by atoms with Crippen LogP contribution < -0.4 is 10.6 Å². The first-order valence-corrected chi connectivity index (χ1v) is 5.20. The average Bonchev–Trinajstić information content (AvgIpc) is 2.47. The predicted molar refractivity (Wildman–Crippen MR) is 62.0 cm³/mol. The Labute approximate surface area is 85.7 Å². The van der Waals surface area contributed by atoms with Crippen molar-refractivity contribution in [1.82, 2.24) is 0 Å². The third kappa shape index (κ3) is 2.00. The topological polar surface area (TPSA) is 24.1 Å². The van der Waals surface area contributed by atoms with Crippen molar-refractivity contribution in [3.05, 3.63) is 23.8 Å². The van der Waals surface area contributed by atoms with Gasteiger partial charge < -0.3 is 10.6 Å². The molecule has 0 atom stereocenters. The number of hydrogen-bond donors (Lipinski definition) is 2. The molecule has 1 aliphatic heterocycles. The van der Waals surface area contributed by atoms with Gasteiger partial charge in [0, 0.05) is 23.5 Å². The Bertz CT molecular complexity index is 337. The van der Waals surface area contributed by atoms with E-state index >= 15 is 0 Å². The zero-order valence-electron chi connectivity index (χ0n) is 9.15. The van der Waals surface area contributed by atoms with Crippen LogP contribution in [0.5, 0.6) is 0 Å². The molecule has 14 heavy (non-hydrogen) atoms. The van der Waals surface area contributed by atoms with Crippen molar-refractivity contribution >= 4 is 11.4 Å². The molecule has 0 radical (unpaired) electrons. The van der Waals surface area contributed by atoms with Crippen LogP contribution in [0, 0.1) is 0 Å². The maximum absolute atomic E-state index is 3.48. The summed E-state index contributed by atoms with van der Waals surface area (Å²) in [7, 11) is 0. The Kier molecular flexibility index (Phi) is 2.14. The van der Waals surface area contributed by atoms with E-state index in [0.29, 0.717) is 0 Å². The molecule has 2 rings (SSSR count). The lowest BCUT2D eigenvalue weighted by Gasteiger charge is -2.22. The summed E-state index contributed by atoms with van der Waals surface area (Å²) in [5, 5.41) is 6.85. The Morgan fingerprint density at radius 2 is 2.07 bits per heavy atom. The zero-order chi connectivity index (χ0) is 10.2. The summed E-state index contributed by atoms with van der Waals surface area (Å²) in [6.45, 7) is 7.61. The third-order valence-corrected chi connectivity index (χ3v) is 2.33. The second kappa shape index (κ2) is 3.19. The molecule has 1 heterocycles. The van der Waals surface area contributed by atoms with Gasteiger partial charge in [-0.3, -0.25) is 0 Å². The maximum atomic E-state index is 3.48. The van der Waals surface area contributed by atoms with E-state index in [1.807, 2.05) is 0 Å². The largest absolute Gasteiger partial charge is 0.384 e. The van der Waals surface area contributed by atoms with E-state index in [4.69, 9.17) is 0 Å². The number of anilines is 2. The van der Waals surface area contributed by atoms with Gasteiger partial charge in [-0.2, -0.15) is 0 Å². The molecule has 1 aromatic carbocycles. The highest BCUT2D eigenvalue weighted by Gasteiger charge is 2.13. The van der Waals surface area contributed by atoms with Crippen molar-refractivity contribution < 1.29 is 0 Å². The van der Waals surface area contributed by atoms with Crippen molar-refractivity contribution in [2.75, 3.05) is 17.2 Å². The molecule has 2 N–H and O–H groups in total. The fourth-order valence-corrected chi connectivity index (χ4v) is 1.82. The molecule has 1 aromatic rings. The SMILES string of the molecule is CC(C)(C)Nc1ccc2c(c1)CCN2. The Morgan fingerprint density at radius 1 is 1.29 bits per heavy atom. The summed E-state index contributed by atoms with van der Waals surface area (Å²) >= 11 is 0. The van der Waals surface area contributed by atoms with Crippen molar-refractivity contribution in [2.24, 2.45) is 0 Å². The molecule has 1 aliphatic rings. The van der Waals surface area contributed by atoms with Crippen LogP contribution in [-0.4, -0.2) is 12.1 Å². The second-order valence-corrected chi connectivity index (χ2v) is 4.92. The first-order valence-electron chi connectivity index (χ1n) is 5.20. The standard InChI is InChI=1S/C12H18N2/c1-12(2,3)14-10-4-5-11-9(8-10)6-7-13-11/h4-5,8,13-14H,6-7H2,1-3H3. The lowest BCUT2D eigenvalue weighted by atomic mass is 10.1. The molecule has 2 nitrogen and oxygen atoms in total. The number of benzene rings is 1. The van der Waals surface area contributed by atoms with Gasteiger partial charge in [0.15, 0.2) is 0 Å². The van der Waals surface area contributed by atoms with Crippen LogP contribution in [0.3, 0.4) is 0 Å². The summed E-state index contributed by atoms with van der Waals surface area (Å²) in [6.07, 6.45) is 1.15. The van der Waals surface area contributed by atoms with Gasteiger partial charge in [0.05, 0.1) is 0 Å². The minimum atomic E-state index is 0.139. The highest BCUT2D eigenvalue weighted by atomic mass is 15.0. The maximum Gasteiger partial charge on any atom is 0.0375 e. The first-order chi connectivity index (χ1) is 6.54.